The summed E-state index contributed by atoms with van der Waals surface area (Å²) in [6.07, 6.45) is 3.18. The van der Waals surface area contributed by atoms with Crippen LogP contribution in [0.25, 0.3) is 0 Å². The van der Waals surface area contributed by atoms with E-state index in [-0.39, 0.29) is 29.9 Å². The van der Waals surface area contributed by atoms with Crippen LogP contribution in [0.4, 0.5) is 5.69 Å². The van der Waals surface area contributed by atoms with Crippen molar-refractivity contribution in [2.24, 2.45) is 0 Å². The lowest BCUT2D eigenvalue weighted by Crippen LogP contribution is -2.29. The van der Waals surface area contributed by atoms with Gasteiger partial charge in [-0.2, -0.15) is 5.10 Å². The molecule has 1 N–H and O–H groups in total. The fourth-order valence-electron chi connectivity index (χ4n) is 2.90. The van der Waals surface area contributed by atoms with Crippen LogP contribution in [0.2, 0.25) is 0 Å². The molecule has 0 fully saturated rings. The van der Waals surface area contributed by atoms with E-state index in [9.17, 15) is 14.9 Å². The molecule has 0 bridgehead atoms. The van der Waals surface area contributed by atoms with Gasteiger partial charge in [0, 0.05) is 5.56 Å². The van der Waals surface area contributed by atoms with Crippen LogP contribution in [0.1, 0.15) is 52.3 Å². The van der Waals surface area contributed by atoms with Gasteiger partial charge in [-0.3, -0.25) is 19.6 Å². The average Bonchev–Trinajstić information content (AvgIpc) is 3.28. The van der Waals surface area contributed by atoms with Crippen molar-refractivity contribution >= 4 is 11.6 Å². The number of carbonyl (C=O) groups excluding carboxylic acids is 1. The van der Waals surface area contributed by atoms with E-state index in [1.165, 1.54) is 10.9 Å². The number of rotatable bonds is 7. The number of amides is 1. The molecule has 3 aromatic rings. The predicted molar refractivity (Wildman–Crippen MR) is 101 cm³/mol. The van der Waals surface area contributed by atoms with Crippen LogP contribution in [-0.4, -0.2) is 25.8 Å². The Balaban J connectivity index is 1.80. The quantitative estimate of drug-likeness (QED) is 0.494. The first-order valence-corrected chi connectivity index (χ1v) is 8.88. The van der Waals surface area contributed by atoms with Gasteiger partial charge < -0.3 is 9.84 Å². The summed E-state index contributed by atoms with van der Waals surface area (Å²) in [5.41, 5.74) is 2.72. The Morgan fingerprint density at radius 1 is 1.32 bits per heavy atom. The minimum atomic E-state index is -0.523. The van der Waals surface area contributed by atoms with Gasteiger partial charge in [0.1, 0.15) is 18.2 Å². The third-order valence-corrected chi connectivity index (χ3v) is 4.54. The van der Waals surface area contributed by atoms with Crippen LogP contribution in [0, 0.1) is 24.0 Å². The van der Waals surface area contributed by atoms with Crippen molar-refractivity contribution in [2.75, 3.05) is 0 Å². The van der Waals surface area contributed by atoms with Crippen molar-refractivity contribution < 1.29 is 14.2 Å². The van der Waals surface area contributed by atoms with Gasteiger partial charge in [-0.05, 0) is 25.8 Å². The highest BCUT2D eigenvalue weighted by molar-refractivity contribution is 5.94. The van der Waals surface area contributed by atoms with Crippen LogP contribution < -0.4 is 5.32 Å². The van der Waals surface area contributed by atoms with Gasteiger partial charge in [0.2, 0.25) is 0 Å². The third-order valence-electron chi connectivity index (χ3n) is 4.54. The highest BCUT2D eigenvalue weighted by Gasteiger charge is 2.23. The van der Waals surface area contributed by atoms with Crippen LogP contribution in [-0.2, 0) is 6.54 Å². The smallest absolute Gasteiger partial charge is 0.307 e. The van der Waals surface area contributed by atoms with Crippen molar-refractivity contribution in [1.29, 1.82) is 0 Å². The van der Waals surface area contributed by atoms with E-state index in [1.54, 1.807) is 6.92 Å². The van der Waals surface area contributed by atoms with Crippen molar-refractivity contribution in [1.82, 2.24) is 20.3 Å². The maximum atomic E-state index is 12.8. The van der Waals surface area contributed by atoms with E-state index in [0.29, 0.717) is 17.7 Å². The lowest BCUT2D eigenvalue weighted by Gasteiger charge is -2.17. The Kier molecular flexibility index (Phi) is 5.53. The number of hydrogen-bond donors (Lipinski definition) is 1. The van der Waals surface area contributed by atoms with E-state index >= 15 is 0 Å². The number of carbonyl (C=O) groups is 1. The first-order valence-electron chi connectivity index (χ1n) is 8.88. The summed E-state index contributed by atoms with van der Waals surface area (Å²) in [7, 11) is 0. The van der Waals surface area contributed by atoms with E-state index in [1.807, 2.05) is 38.1 Å². The fourth-order valence-corrected chi connectivity index (χ4v) is 2.90. The molecule has 0 aliphatic carbocycles. The number of nitro groups is 1. The molecule has 0 spiro atoms. The Morgan fingerprint density at radius 2 is 2.04 bits per heavy atom. The summed E-state index contributed by atoms with van der Waals surface area (Å²) < 4.78 is 6.57. The SMILES string of the molecule is CCC(NC(=O)c1noc(C)c1Cn1cc([N+](=O)[O-])cn1)c1ccc(C)cc1. The fraction of sp³-hybridized carbons (Fsp3) is 0.316. The molecule has 9 heteroatoms. The maximum absolute atomic E-state index is 12.8. The van der Waals surface area contributed by atoms with Crippen LogP contribution in [0.3, 0.4) is 0 Å². The maximum Gasteiger partial charge on any atom is 0.307 e. The standard InChI is InChI=1S/C19H21N5O4/c1-4-17(14-7-5-12(2)6-8-14)21-19(25)18-16(13(3)28-22-18)11-23-10-15(9-20-23)24(26)27/h5-10,17H,4,11H2,1-3H3,(H,21,25). The Hall–Kier alpha value is -3.49. The normalized spacial score (nSPS) is 12.0. The van der Waals surface area contributed by atoms with Crippen LogP contribution in [0.5, 0.6) is 0 Å². The van der Waals surface area contributed by atoms with Crippen molar-refractivity contribution in [2.45, 2.75) is 39.8 Å². The zero-order valence-electron chi connectivity index (χ0n) is 15.9. The molecule has 1 amide bonds. The molecule has 0 saturated carbocycles. The Morgan fingerprint density at radius 3 is 2.64 bits per heavy atom. The number of aryl methyl sites for hydroxylation is 2. The molecule has 1 atom stereocenters. The van der Waals surface area contributed by atoms with Crippen molar-refractivity contribution in [3.8, 4) is 0 Å². The number of benzene rings is 1. The monoisotopic (exact) mass is 383 g/mol. The molecular formula is C19H21N5O4. The second-order valence-electron chi connectivity index (χ2n) is 6.56. The van der Waals surface area contributed by atoms with E-state index in [4.69, 9.17) is 4.52 Å². The molecule has 0 saturated heterocycles. The van der Waals surface area contributed by atoms with Gasteiger partial charge in [0.05, 0.1) is 17.5 Å². The number of aromatic nitrogens is 3. The van der Waals surface area contributed by atoms with Crippen LogP contribution >= 0.6 is 0 Å². The van der Waals surface area contributed by atoms with Gasteiger partial charge in [-0.1, -0.05) is 41.9 Å². The van der Waals surface area contributed by atoms with E-state index in [0.717, 1.165) is 17.3 Å². The van der Waals surface area contributed by atoms with Gasteiger partial charge in [-0.25, -0.2) is 0 Å². The van der Waals surface area contributed by atoms with Gasteiger partial charge in [-0.15, -0.1) is 0 Å². The Bertz CT molecular complexity index is 990. The topological polar surface area (TPSA) is 116 Å². The molecule has 2 heterocycles. The number of hydrogen-bond acceptors (Lipinski definition) is 6. The van der Waals surface area contributed by atoms with Gasteiger partial charge in [0.25, 0.3) is 5.91 Å². The van der Waals surface area contributed by atoms with E-state index in [2.05, 4.69) is 15.6 Å². The summed E-state index contributed by atoms with van der Waals surface area (Å²) >= 11 is 0. The molecule has 28 heavy (non-hydrogen) atoms. The summed E-state index contributed by atoms with van der Waals surface area (Å²) in [4.78, 5) is 23.1. The van der Waals surface area contributed by atoms with Crippen LogP contribution in [0.15, 0.2) is 41.2 Å². The molecular weight excluding hydrogens is 362 g/mol. The van der Waals surface area contributed by atoms with Gasteiger partial charge in [0.15, 0.2) is 5.69 Å². The number of nitrogens with zero attached hydrogens (tertiary/aromatic N) is 4. The molecule has 9 nitrogen and oxygen atoms in total. The molecule has 146 valence electrons. The van der Waals surface area contributed by atoms with Crippen molar-refractivity contribution in [3.63, 3.8) is 0 Å². The summed E-state index contributed by atoms with van der Waals surface area (Å²) in [5.74, 6) is 0.104. The summed E-state index contributed by atoms with van der Waals surface area (Å²) in [6, 6.07) is 7.81. The lowest BCUT2D eigenvalue weighted by molar-refractivity contribution is -0.385. The van der Waals surface area contributed by atoms with E-state index < -0.39 is 4.92 Å². The minimum absolute atomic E-state index is 0.120. The third kappa shape index (κ3) is 4.08. The summed E-state index contributed by atoms with van der Waals surface area (Å²) in [5, 5.41) is 21.7. The molecule has 3 rings (SSSR count). The highest BCUT2D eigenvalue weighted by atomic mass is 16.6. The first-order chi connectivity index (χ1) is 13.4. The lowest BCUT2D eigenvalue weighted by atomic mass is 10.0. The second-order valence-corrected chi connectivity index (χ2v) is 6.56. The molecule has 2 aromatic heterocycles. The number of nitrogens with one attached hydrogen (secondary N) is 1. The zero-order chi connectivity index (χ0) is 20.3. The zero-order valence-corrected chi connectivity index (χ0v) is 15.9. The molecule has 0 aliphatic heterocycles. The predicted octanol–water partition coefficient (Wildman–Crippen LogP) is 3.33. The largest absolute Gasteiger partial charge is 0.361 e. The molecule has 1 aromatic carbocycles. The Labute approximate surface area is 161 Å². The minimum Gasteiger partial charge on any atom is -0.361 e. The molecule has 1 unspecified atom stereocenters. The first kappa shape index (κ1) is 19.3. The summed E-state index contributed by atoms with van der Waals surface area (Å²) in [6.45, 7) is 5.83. The average molecular weight is 383 g/mol. The highest BCUT2D eigenvalue weighted by Crippen LogP contribution is 2.21. The molecule has 0 aliphatic rings. The second kappa shape index (κ2) is 8.03. The molecule has 0 radical (unpaired) electrons. The van der Waals surface area contributed by atoms with Crippen molar-refractivity contribution in [3.05, 3.63) is 74.9 Å². The van der Waals surface area contributed by atoms with Gasteiger partial charge >= 0.3 is 5.69 Å².